The Labute approximate surface area is 87.1 Å². The van der Waals surface area contributed by atoms with E-state index in [1.54, 1.807) is 19.4 Å². The minimum absolute atomic E-state index is 0.0348. The topological polar surface area (TPSA) is 82.5 Å². The molecule has 1 unspecified atom stereocenters. The fraction of sp³-hybridized carbons (Fsp3) is 0.333. The summed E-state index contributed by atoms with van der Waals surface area (Å²) in [5.41, 5.74) is 6.71. The van der Waals surface area contributed by atoms with Gasteiger partial charge in [-0.3, -0.25) is 4.98 Å². The van der Waals surface area contributed by atoms with E-state index in [4.69, 9.17) is 5.73 Å². The smallest absolute Gasteiger partial charge is 0.183 e. The molecule has 6 heteroatoms. The number of pyridine rings is 1. The lowest BCUT2D eigenvalue weighted by Crippen LogP contribution is -2.15. The molecule has 78 valence electrons. The first-order valence-electron chi connectivity index (χ1n) is 4.65. The molecular weight excluding hydrogens is 192 g/mol. The zero-order valence-electron chi connectivity index (χ0n) is 8.41. The maximum Gasteiger partial charge on any atom is 0.183 e. The van der Waals surface area contributed by atoms with Crippen LogP contribution < -0.4 is 5.73 Å². The van der Waals surface area contributed by atoms with E-state index in [1.807, 2.05) is 12.1 Å². The second kappa shape index (κ2) is 4.14. The minimum Gasteiger partial charge on any atom is -0.329 e. The molecule has 0 fully saturated rings. The van der Waals surface area contributed by atoms with Crippen molar-refractivity contribution in [3.8, 4) is 0 Å². The highest BCUT2D eigenvalue weighted by atomic mass is 15.6. The number of rotatable bonds is 3. The van der Waals surface area contributed by atoms with Crippen molar-refractivity contribution in [2.24, 2.45) is 12.8 Å². The lowest BCUT2D eigenvalue weighted by molar-refractivity contribution is 0.624. The lowest BCUT2D eigenvalue weighted by Gasteiger charge is -2.09. The van der Waals surface area contributed by atoms with E-state index in [1.165, 1.54) is 4.80 Å². The SMILES string of the molecule is Cn1nnc(C(CN)c2cccnc2)n1. The Bertz CT molecular complexity index is 423. The van der Waals surface area contributed by atoms with E-state index < -0.39 is 0 Å². The molecule has 15 heavy (non-hydrogen) atoms. The van der Waals surface area contributed by atoms with E-state index in [-0.39, 0.29) is 5.92 Å². The fourth-order valence-electron chi connectivity index (χ4n) is 1.41. The maximum atomic E-state index is 5.70. The molecule has 2 heterocycles. The van der Waals surface area contributed by atoms with Gasteiger partial charge in [-0.2, -0.15) is 4.80 Å². The molecule has 2 aromatic heterocycles. The van der Waals surface area contributed by atoms with Crippen LogP contribution in [0.15, 0.2) is 24.5 Å². The summed E-state index contributed by atoms with van der Waals surface area (Å²) in [6, 6.07) is 3.83. The number of hydrogen-bond donors (Lipinski definition) is 1. The van der Waals surface area contributed by atoms with Crippen LogP contribution in [0.5, 0.6) is 0 Å². The Morgan fingerprint density at radius 2 is 2.40 bits per heavy atom. The Morgan fingerprint density at radius 3 is 2.93 bits per heavy atom. The molecule has 0 aliphatic heterocycles. The number of tetrazole rings is 1. The Kier molecular flexibility index (Phi) is 2.68. The van der Waals surface area contributed by atoms with Crippen LogP contribution in [0.4, 0.5) is 0 Å². The Morgan fingerprint density at radius 1 is 1.53 bits per heavy atom. The van der Waals surface area contributed by atoms with Crippen molar-refractivity contribution in [1.29, 1.82) is 0 Å². The summed E-state index contributed by atoms with van der Waals surface area (Å²) < 4.78 is 0. The fourth-order valence-corrected chi connectivity index (χ4v) is 1.41. The van der Waals surface area contributed by atoms with Gasteiger partial charge >= 0.3 is 0 Å². The normalized spacial score (nSPS) is 12.7. The van der Waals surface area contributed by atoms with Crippen molar-refractivity contribution in [3.05, 3.63) is 35.9 Å². The van der Waals surface area contributed by atoms with Crippen LogP contribution in [0, 0.1) is 0 Å². The summed E-state index contributed by atoms with van der Waals surface area (Å²) in [6.07, 6.45) is 3.50. The average molecular weight is 204 g/mol. The first-order valence-corrected chi connectivity index (χ1v) is 4.65. The molecule has 0 saturated carbocycles. The zero-order valence-corrected chi connectivity index (χ0v) is 8.41. The Hall–Kier alpha value is -1.82. The van der Waals surface area contributed by atoms with Gasteiger partial charge in [0.25, 0.3) is 0 Å². The maximum absolute atomic E-state index is 5.70. The molecule has 0 amide bonds. The average Bonchev–Trinajstić information content (AvgIpc) is 2.68. The van der Waals surface area contributed by atoms with Gasteiger partial charge in [-0.1, -0.05) is 6.07 Å². The van der Waals surface area contributed by atoms with Crippen LogP contribution in [0.3, 0.4) is 0 Å². The minimum atomic E-state index is -0.0348. The standard InChI is InChI=1S/C9H12N6/c1-15-13-9(12-14-15)8(5-10)7-3-2-4-11-6-7/h2-4,6,8H,5,10H2,1H3. The number of hydrogen-bond acceptors (Lipinski definition) is 5. The van der Waals surface area contributed by atoms with Crippen molar-refractivity contribution in [3.63, 3.8) is 0 Å². The van der Waals surface area contributed by atoms with Gasteiger partial charge in [0.05, 0.1) is 13.0 Å². The van der Waals surface area contributed by atoms with E-state index in [9.17, 15) is 0 Å². The number of nitrogens with zero attached hydrogens (tertiary/aromatic N) is 5. The highest BCUT2D eigenvalue weighted by molar-refractivity contribution is 5.21. The number of nitrogens with two attached hydrogens (primary N) is 1. The van der Waals surface area contributed by atoms with Crippen LogP contribution in [0.2, 0.25) is 0 Å². The lowest BCUT2D eigenvalue weighted by atomic mass is 10.0. The van der Waals surface area contributed by atoms with Gasteiger partial charge in [0, 0.05) is 18.9 Å². The van der Waals surface area contributed by atoms with Crippen LogP contribution in [-0.2, 0) is 7.05 Å². The van der Waals surface area contributed by atoms with Crippen LogP contribution in [0.1, 0.15) is 17.3 Å². The predicted octanol–water partition coefficient (Wildman–Crippen LogP) is -0.304. The molecule has 6 nitrogen and oxygen atoms in total. The van der Waals surface area contributed by atoms with E-state index in [2.05, 4.69) is 20.4 Å². The quantitative estimate of drug-likeness (QED) is 0.742. The van der Waals surface area contributed by atoms with Gasteiger partial charge in [-0.15, -0.1) is 10.2 Å². The zero-order chi connectivity index (χ0) is 10.7. The van der Waals surface area contributed by atoms with Gasteiger partial charge in [-0.25, -0.2) is 0 Å². The third-order valence-electron chi connectivity index (χ3n) is 2.16. The molecule has 0 aliphatic rings. The molecule has 2 rings (SSSR count). The molecule has 2 N–H and O–H groups in total. The molecule has 0 bridgehead atoms. The molecule has 0 aliphatic carbocycles. The highest BCUT2D eigenvalue weighted by Gasteiger charge is 2.17. The summed E-state index contributed by atoms with van der Waals surface area (Å²) in [5, 5.41) is 11.9. The van der Waals surface area contributed by atoms with Gasteiger partial charge in [-0.05, 0) is 16.8 Å². The monoisotopic (exact) mass is 204 g/mol. The van der Waals surface area contributed by atoms with Crippen LogP contribution in [-0.4, -0.2) is 31.7 Å². The number of aromatic nitrogens is 5. The van der Waals surface area contributed by atoms with E-state index in [0.29, 0.717) is 12.4 Å². The van der Waals surface area contributed by atoms with Crippen molar-refractivity contribution < 1.29 is 0 Å². The summed E-state index contributed by atoms with van der Waals surface area (Å²) in [4.78, 5) is 5.47. The summed E-state index contributed by atoms with van der Waals surface area (Å²) in [7, 11) is 1.73. The molecule has 0 aromatic carbocycles. The molecule has 0 spiro atoms. The third-order valence-corrected chi connectivity index (χ3v) is 2.16. The first-order chi connectivity index (χ1) is 7.31. The Balaban J connectivity index is 2.33. The van der Waals surface area contributed by atoms with Crippen molar-refractivity contribution >= 4 is 0 Å². The second-order valence-corrected chi connectivity index (χ2v) is 3.21. The van der Waals surface area contributed by atoms with E-state index in [0.717, 1.165) is 5.56 Å². The molecule has 0 saturated heterocycles. The van der Waals surface area contributed by atoms with Crippen molar-refractivity contribution in [2.45, 2.75) is 5.92 Å². The summed E-state index contributed by atoms with van der Waals surface area (Å²) >= 11 is 0. The van der Waals surface area contributed by atoms with Crippen LogP contribution in [0.25, 0.3) is 0 Å². The summed E-state index contributed by atoms with van der Waals surface area (Å²) in [6.45, 7) is 0.442. The third kappa shape index (κ3) is 1.99. The van der Waals surface area contributed by atoms with Gasteiger partial charge < -0.3 is 5.73 Å². The molecule has 1 atom stereocenters. The predicted molar refractivity (Wildman–Crippen MR) is 53.9 cm³/mol. The molecular formula is C9H12N6. The highest BCUT2D eigenvalue weighted by Crippen LogP contribution is 2.18. The van der Waals surface area contributed by atoms with Crippen LogP contribution >= 0.6 is 0 Å². The van der Waals surface area contributed by atoms with Gasteiger partial charge in [0.2, 0.25) is 0 Å². The largest absolute Gasteiger partial charge is 0.329 e. The first kappa shape index (κ1) is 9.72. The van der Waals surface area contributed by atoms with Crippen molar-refractivity contribution in [2.75, 3.05) is 6.54 Å². The second-order valence-electron chi connectivity index (χ2n) is 3.21. The summed E-state index contributed by atoms with van der Waals surface area (Å²) in [5.74, 6) is 0.598. The van der Waals surface area contributed by atoms with Crippen molar-refractivity contribution in [1.82, 2.24) is 25.2 Å². The molecule has 2 aromatic rings. The van der Waals surface area contributed by atoms with Gasteiger partial charge in [0.15, 0.2) is 5.82 Å². The van der Waals surface area contributed by atoms with E-state index >= 15 is 0 Å². The molecule has 0 radical (unpaired) electrons. The van der Waals surface area contributed by atoms with Gasteiger partial charge in [0.1, 0.15) is 0 Å². The number of aryl methyl sites for hydroxylation is 1.